The maximum absolute atomic E-state index is 12.0. The highest BCUT2D eigenvalue weighted by Gasteiger charge is 2.33. The Morgan fingerprint density at radius 2 is 1.94 bits per heavy atom. The van der Waals surface area contributed by atoms with Crippen LogP contribution < -0.4 is 15.4 Å². The second kappa shape index (κ2) is 14.3. The van der Waals surface area contributed by atoms with Crippen molar-refractivity contribution in [1.29, 1.82) is 0 Å². The minimum absolute atomic E-state index is 0.0952. The lowest BCUT2D eigenvalue weighted by Crippen LogP contribution is -2.47. The van der Waals surface area contributed by atoms with Gasteiger partial charge in [-0.15, -0.1) is 0 Å². The molecular formula is C25H39N3O8. The Morgan fingerprint density at radius 3 is 2.64 bits per heavy atom. The number of ether oxygens (including phenoxy) is 5. The van der Waals surface area contributed by atoms with E-state index < -0.39 is 11.9 Å². The highest BCUT2D eigenvalue weighted by Crippen LogP contribution is 2.22. The van der Waals surface area contributed by atoms with Crippen LogP contribution in [0.15, 0.2) is 24.3 Å². The fourth-order valence-electron chi connectivity index (χ4n) is 3.76. The average molecular weight is 510 g/mol. The summed E-state index contributed by atoms with van der Waals surface area (Å²) in [6.45, 7) is 8.13. The lowest BCUT2D eigenvalue weighted by molar-refractivity contribution is -0.158. The van der Waals surface area contributed by atoms with Gasteiger partial charge in [-0.3, -0.25) is 4.79 Å². The molecule has 11 nitrogen and oxygen atoms in total. The quantitative estimate of drug-likeness (QED) is 0.260. The summed E-state index contributed by atoms with van der Waals surface area (Å²) in [7, 11) is 0. The SMILES string of the molecule is CC1(C)OC[C@@H](COC(=O)CCc2ccc(OCC(O)CNCCNC(=O)N3CCOCC3)cc2)O1. The average Bonchev–Trinajstić information content (AvgIpc) is 3.24. The molecule has 0 saturated carbocycles. The zero-order chi connectivity index (χ0) is 25.8. The predicted octanol–water partition coefficient (Wildman–Crippen LogP) is 0.685. The Bertz CT molecular complexity index is 814. The van der Waals surface area contributed by atoms with Gasteiger partial charge >= 0.3 is 12.0 Å². The van der Waals surface area contributed by atoms with Crippen LogP contribution in [0.3, 0.4) is 0 Å². The first-order chi connectivity index (χ1) is 17.3. The maximum Gasteiger partial charge on any atom is 0.317 e. The van der Waals surface area contributed by atoms with Crippen molar-refractivity contribution in [2.24, 2.45) is 0 Å². The monoisotopic (exact) mass is 509 g/mol. The number of urea groups is 1. The molecule has 2 aliphatic rings. The molecule has 3 rings (SSSR count). The second-order valence-corrected chi connectivity index (χ2v) is 9.28. The van der Waals surface area contributed by atoms with E-state index in [1.807, 2.05) is 38.1 Å². The molecular weight excluding hydrogens is 470 g/mol. The number of carbonyl (C=O) groups excluding carboxylic acids is 2. The number of rotatable bonds is 13. The zero-order valence-electron chi connectivity index (χ0n) is 21.2. The van der Waals surface area contributed by atoms with Gasteiger partial charge in [-0.2, -0.15) is 0 Å². The van der Waals surface area contributed by atoms with Crippen molar-refractivity contribution in [3.63, 3.8) is 0 Å². The number of aryl methyl sites for hydroxylation is 1. The summed E-state index contributed by atoms with van der Waals surface area (Å²) < 4.78 is 27.2. The first-order valence-electron chi connectivity index (χ1n) is 12.5. The first-order valence-corrected chi connectivity index (χ1v) is 12.5. The fraction of sp³-hybridized carbons (Fsp3) is 0.680. The van der Waals surface area contributed by atoms with Crippen LogP contribution in [0.1, 0.15) is 25.8 Å². The molecule has 2 amide bonds. The zero-order valence-corrected chi connectivity index (χ0v) is 21.2. The Hall–Kier alpha value is -2.44. The lowest BCUT2D eigenvalue weighted by Gasteiger charge is -2.27. The van der Waals surface area contributed by atoms with Crippen molar-refractivity contribution in [3.8, 4) is 5.75 Å². The number of nitrogens with one attached hydrogen (secondary N) is 2. The molecule has 36 heavy (non-hydrogen) atoms. The van der Waals surface area contributed by atoms with E-state index in [-0.39, 0.29) is 37.7 Å². The van der Waals surface area contributed by atoms with Crippen molar-refractivity contribution >= 4 is 12.0 Å². The number of nitrogens with zero attached hydrogens (tertiary/aromatic N) is 1. The van der Waals surface area contributed by atoms with E-state index >= 15 is 0 Å². The lowest BCUT2D eigenvalue weighted by atomic mass is 10.1. The number of amides is 2. The summed E-state index contributed by atoms with van der Waals surface area (Å²) in [5.74, 6) is -0.269. The number of hydrogen-bond donors (Lipinski definition) is 3. The molecule has 0 aromatic heterocycles. The molecule has 1 aromatic rings. The van der Waals surface area contributed by atoms with Gasteiger partial charge in [0.1, 0.15) is 31.2 Å². The van der Waals surface area contributed by atoms with E-state index in [0.717, 1.165) is 5.56 Å². The molecule has 2 aliphatic heterocycles. The maximum atomic E-state index is 12.0. The largest absolute Gasteiger partial charge is 0.491 e. The van der Waals surface area contributed by atoms with Gasteiger partial charge in [-0.1, -0.05) is 12.1 Å². The summed E-state index contributed by atoms with van der Waals surface area (Å²) in [5.41, 5.74) is 0.988. The van der Waals surface area contributed by atoms with Gasteiger partial charge < -0.3 is 44.3 Å². The highest BCUT2D eigenvalue weighted by atomic mass is 16.7. The number of hydrogen-bond acceptors (Lipinski definition) is 9. The van der Waals surface area contributed by atoms with Gasteiger partial charge in [0.25, 0.3) is 0 Å². The van der Waals surface area contributed by atoms with E-state index in [9.17, 15) is 14.7 Å². The van der Waals surface area contributed by atoms with E-state index in [1.165, 1.54) is 0 Å². The van der Waals surface area contributed by atoms with E-state index in [2.05, 4.69) is 10.6 Å². The van der Waals surface area contributed by atoms with Gasteiger partial charge in [-0.05, 0) is 38.0 Å². The van der Waals surface area contributed by atoms with E-state index in [1.54, 1.807) is 4.90 Å². The van der Waals surface area contributed by atoms with Gasteiger partial charge in [0.15, 0.2) is 5.79 Å². The molecule has 3 N–H and O–H groups in total. The van der Waals surface area contributed by atoms with Gasteiger partial charge in [-0.25, -0.2) is 4.79 Å². The van der Waals surface area contributed by atoms with Crippen molar-refractivity contribution < 1.29 is 38.4 Å². The van der Waals surface area contributed by atoms with E-state index in [0.29, 0.717) is 64.7 Å². The Labute approximate surface area is 212 Å². The molecule has 202 valence electrons. The van der Waals surface area contributed by atoms with Crippen molar-refractivity contribution in [2.75, 3.05) is 65.8 Å². The van der Waals surface area contributed by atoms with E-state index in [4.69, 9.17) is 23.7 Å². The van der Waals surface area contributed by atoms with Crippen LogP contribution in [0.5, 0.6) is 5.75 Å². The minimum atomic E-state index is -0.686. The van der Waals surface area contributed by atoms with Crippen LogP contribution in [0.2, 0.25) is 0 Å². The summed E-state index contributed by atoms with van der Waals surface area (Å²) in [4.78, 5) is 25.7. The predicted molar refractivity (Wildman–Crippen MR) is 131 cm³/mol. The summed E-state index contributed by atoms with van der Waals surface area (Å²) in [6.07, 6.45) is -0.0863. The molecule has 1 aromatic carbocycles. The van der Waals surface area contributed by atoms with Gasteiger partial charge in [0.05, 0.1) is 19.8 Å². The normalized spacial score (nSPS) is 20.1. The molecule has 11 heteroatoms. The number of aliphatic hydroxyl groups is 1. The summed E-state index contributed by atoms with van der Waals surface area (Å²) in [6, 6.07) is 7.31. The van der Waals surface area contributed by atoms with Crippen LogP contribution in [-0.2, 0) is 30.2 Å². The van der Waals surface area contributed by atoms with Crippen LogP contribution in [0.25, 0.3) is 0 Å². The van der Waals surface area contributed by atoms with Crippen LogP contribution in [0, 0.1) is 0 Å². The number of esters is 1. The standard InChI is InChI=1S/C25H39N3O8/c1-25(2)35-18-22(36-25)17-34-23(30)8-5-19-3-6-21(7-4-19)33-16-20(29)15-26-9-10-27-24(31)28-11-13-32-14-12-28/h3-4,6-7,20,22,26,29H,5,8-18H2,1-2H3,(H,27,31)/t20?,22-/m1/s1. The molecule has 1 unspecified atom stereocenters. The Kier molecular flexibility index (Phi) is 11.2. The number of carbonyl (C=O) groups is 2. The third kappa shape index (κ3) is 10.3. The third-order valence-electron chi connectivity index (χ3n) is 5.74. The van der Waals surface area contributed by atoms with Crippen molar-refractivity contribution in [1.82, 2.24) is 15.5 Å². The topological polar surface area (TPSA) is 128 Å². The number of benzene rings is 1. The number of aliphatic hydroxyl groups excluding tert-OH is 1. The minimum Gasteiger partial charge on any atom is -0.491 e. The smallest absolute Gasteiger partial charge is 0.317 e. The molecule has 2 fully saturated rings. The molecule has 0 bridgehead atoms. The summed E-state index contributed by atoms with van der Waals surface area (Å²) in [5, 5.41) is 16.1. The highest BCUT2D eigenvalue weighted by molar-refractivity contribution is 5.74. The summed E-state index contributed by atoms with van der Waals surface area (Å²) >= 11 is 0. The number of morpholine rings is 1. The van der Waals surface area contributed by atoms with Gasteiger partial charge in [0, 0.05) is 39.1 Å². The molecule has 2 atom stereocenters. The van der Waals surface area contributed by atoms with Crippen molar-refractivity contribution in [3.05, 3.63) is 29.8 Å². The van der Waals surface area contributed by atoms with Crippen LogP contribution in [-0.4, -0.2) is 106 Å². The molecule has 0 aliphatic carbocycles. The second-order valence-electron chi connectivity index (χ2n) is 9.28. The molecule has 2 saturated heterocycles. The van der Waals surface area contributed by atoms with Gasteiger partial charge in [0.2, 0.25) is 0 Å². The Balaban J connectivity index is 1.21. The third-order valence-corrected chi connectivity index (χ3v) is 5.74. The Morgan fingerprint density at radius 1 is 1.19 bits per heavy atom. The fourth-order valence-corrected chi connectivity index (χ4v) is 3.76. The van der Waals surface area contributed by atoms with Crippen molar-refractivity contribution in [2.45, 2.75) is 44.7 Å². The molecule has 0 spiro atoms. The van der Waals surface area contributed by atoms with Crippen LogP contribution in [0.4, 0.5) is 4.79 Å². The molecule has 0 radical (unpaired) electrons. The molecule has 2 heterocycles. The first kappa shape index (κ1) is 28.1. The van der Waals surface area contributed by atoms with Crippen LogP contribution >= 0.6 is 0 Å².